The van der Waals surface area contributed by atoms with Crippen molar-refractivity contribution in [3.63, 3.8) is 0 Å². The summed E-state index contributed by atoms with van der Waals surface area (Å²) in [6, 6.07) is 21.2. The van der Waals surface area contributed by atoms with Crippen LogP contribution in [0.25, 0.3) is 10.2 Å². The zero-order valence-electron chi connectivity index (χ0n) is 20.1. The van der Waals surface area contributed by atoms with Crippen molar-refractivity contribution in [2.75, 3.05) is 4.90 Å². The normalized spacial score (nSPS) is 15.5. The molecule has 0 saturated heterocycles. The van der Waals surface area contributed by atoms with Gasteiger partial charge in [-0.15, -0.1) is 0 Å². The fraction of sp³-hybridized carbons (Fsp3) is 0.103. The number of rotatable bonds is 7. The topological polar surface area (TPSA) is 85.5 Å². The summed E-state index contributed by atoms with van der Waals surface area (Å²) >= 11 is 1.17. The van der Waals surface area contributed by atoms with Gasteiger partial charge in [0.1, 0.15) is 18.2 Å². The Bertz CT molecular complexity index is 1690. The number of hydrogen-bond donors (Lipinski definition) is 0. The van der Waals surface area contributed by atoms with Gasteiger partial charge in [-0.25, -0.2) is 9.37 Å². The number of halogens is 1. The molecule has 9 heteroatoms. The van der Waals surface area contributed by atoms with Crippen LogP contribution in [0.3, 0.4) is 0 Å². The summed E-state index contributed by atoms with van der Waals surface area (Å²) in [4.78, 5) is 38.3. The molecule has 4 heterocycles. The van der Waals surface area contributed by atoms with E-state index in [9.17, 15) is 14.0 Å². The molecule has 1 unspecified atom stereocenters. The lowest BCUT2D eigenvalue weighted by Crippen LogP contribution is -2.31. The maximum absolute atomic E-state index is 14.0. The molecule has 0 spiro atoms. The quantitative estimate of drug-likeness (QED) is 0.236. The third kappa shape index (κ3) is 4.26. The molecule has 0 fully saturated rings. The highest BCUT2D eigenvalue weighted by Crippen LogP contribution is 2.45. The Morgan fingerprint density at radius 2 is 1.89 bits per heavy atom. The van der Waals surface area contributed by atoms with Crippen molar-refractivity contribution in [1.82, 2.24) is 9.97 Å². The molecule has 2 aromatic carbocycles. The molecule has 7 nitrogen and oxygen atoms in total. The fourth-order valence-corrected chi connectivity index (χ4v) is 5.44. The number of fused-ring (bicyclic) bond motifs is 1. The average Bonchev–Trinajstić information content (AvgIpc) is 3.63. The number of furan rings is 1. The van der Waals surface area contributed by atoms with Crippen LogP contribution in [0, 0.1) is 12.7 Å². The van der Waals surface area contributed by atoms with Gasteiger partial charge >= 0.3 is 0 Å². The third-order valence-electron chi connectivity index (χ3n) is 6.15. The van der Waals surface area contributed by atoms with Crippen molar-refractivity contribution in [2.45, 2.75) is 19.6 Å². The molecule has 0 bridgehead atoms. The maximum Gasteiger partial charge on any atom is 0.296 e. The number of thiazole rings is 1. The highest BCUT2D eigenvalue weighted by molar-refractivity contribution is 7.22. The van der Waals surface area contributed by atoms with Gasteiger partial charge in [-0.3, -0.25) is 19.5 Å². The van der Waals surface area contributed by atoms with Gasteiger partial charge in [-0.1, -0.05) is 47.7 Å². The summed E-state index contributed by atoms with van der Waals surface area (Å²) in [6.45, 7) is 1.72. The molecule has 6 rings (SSSR count). The van der Waals surface area contributed by atoms with Crippen molar-refractivity contribution < 1.29 is 23.1 Å². The lowest BCUT2D eigenvalue weighted by molar-refractivity contribution is -0.118. The standard InChI is InChI=1S/C29H20FN3O4S/c1-17-10-13-22(37-17)26(34)24-25(18-7-3-2-4-8-18)33(29-32-21-12-11-19(30)15-23(21)38-29)28(35)27(24)36-16-20-9-5-6-14-31-20/h2-15,25H,16H2,1H3. The van der Waals surface area contributed by atoms with Crippen molar-refractivity contribution in [2.24, 2.45) is 0 Å². The number of amides is 1. The molecule has 1 aliphatic rings. The zero-order chi connectivity index (χ0) is 26.2. The molecule has 0 N–H and O–H groups in total. The predicted octanol–water partition coefficient (Wildman–Crippen LogP) is 6.17. The summed E-state index contributed by atoms with van der Waals surface area (Å²) in [5.74, 6) is -0.837. The van der Waals surface area contributed by atoms with Crippen molar-refractivity contribution in [1.29, 1.82) is 0 Å². The minimum atomic E-state index is -0.842. The van der Waals surface area contributed by atoms with Gasteiger partial charge in [0.25, 0.3) is 5.91 Å². The van der Waals surface area contributed by atoms with Crippen LogP contribution in [0.15, 0.2) is 101 Å². The van der Waals surface area contributed by atoms with Gasteiger partial charge < -0.3 is 9.15 Å². The third-order valence-corrected chi connectivity index (χ3v) is 7.17. The van der Waals surface area contributed by atoms with Crippen LogP contribution in [0.5, 0.6) is 0 Å². The smallest absolute Gasteiger partial charge is 0.296 e. The van der Waals surface area contributed by atoms with Crippen LogP contribution in [0.2, 0.25) is 0 Å². The second-order valence-electron chi connectivity index (χ2n) is 8.69. The van der Waals surface area contributed by atoms with Crippen LogP contribution in [-0.2, 0) is 16.1 Å². The van der Waals surface area contributed by atoms with Crippen LogP contribution < -0.4 is 4.90 Å². The Balaban J connectivity index is 1.52. The maximum atomic E-state index is 14.0. The number of hydrogen-bond acceptors (Lipinski definition) is 7. The number of carbonyl (C=O) groups is 2. The van der Waals surface area contributed by atoms with E-state index in [-0.39, 0.29) is 23.7 Å². The molecular weight excluding hydrogens is 505 g/mol. The summed E-state index contributed by atoms with van der Waals surface area (Å²) in [6.07, 6.45) is 1.63. The Hall–Kier alpha value is -4.63. The number of carbonyl (C=O) groups excluding carboxylic acids is 2. The molecular formula is C29H20FN3O4S. The first kappa shape index (κ1) is 23.7. The minimum absolute atomic E-state index is 0.0176. The van der Waals surface area contributed by atoms with Gasteiger partial charge in [0, 0.05) is 6.20 Å². The summed E-state index contributed by atoms with van der Waals surface area (Å²) in [5, 5.41) is 0.321. The molecule has 38 heavy (non-hydrogen) atoms. The zero-order valence-corrected chi connectivity index (χ0v) is 20.9. The van der Waals surface area contributed by atoms with Crippen LogP contribution in [0.4, 0.5) is 9.52 Å². The first-order valence-electron chi connectivity index (χ1n) is 11.8. The van der Waals surface area contributed by atoms with Crippen molar-refractivity contribution in [3.8, 4) is 0 Å². The molecule has 5 aromatic rings. The van der Waals surface area contributed by atoms with Crippen molar-refractivity contribution >= 4 is 38.4 Å². The highest BCUT2D eigenvalue weighted by Gasteiger charge is 2.47. The van der Waals surface area contributed by atoms with E-state index >= 15 is 0 Å². The van der Waals surface area contributed by atoms with E-state index in [4.69, 9.17) is 9.15 Å². The second kappa shape index (κ2) is 9.68. The van der Waals surface area contributed by atoms with Gasteiger partial charge in [0.2, 0.25) is 5.78 Å². The largest absolute Gasteiger partial charge is 0.481 e. The van der Waals surface area contributed by atoms with E-state index in [1.807, 2.05) is 36.4 Å². The number of ether oxygens (including phenoxy) is 1. The lowest BCUT2D eigenvalue weighted by atomic mass is 9.95. The molecule has 0 radical (unpaired) electrons. The highest BCUT2D eigenvalue weighted by atomic mass is 32.1. The first-order chi connectivity index (χ1) is 18.5. The Morgan fingerprint density at radius 1 is 1.08 bits per heavy atom. The molecule has 0 aliphatic carbocycles. The molecule has 3 aromatic heterocycles. The molecule has 0 saturated carbocycles. The number of Topliss-reactive ketones (excluding diaryl/α,β-unsaturated/α-hetero) is 1. The summed E-state index contributed by atoms with van der Waals surface area (Å²) < 4.78 is 26.2. The van der Waals surface area contributed by atoms with E-state index in [2.05, 4.69) is 9.97 Å². The second-order valence-corrected chi connectivity index (χ2v) is 9.70. The molecule has 1 amide bonds. The van der Waals surface area contributed by atoms with E-state index in [1.165, 1.54) is 28.4 Å². The number of benzene rings is 2. The number of ketones is 1. The van der Waals surface area contributed by atoms with E-state index in [1.54, 1.807) is 43.5 Å². The molecule has 1 aliphatic heterocycles. The summed E-state index contributed by atoms with van der Waals surface area (Å²) in [5.41, 5.74) is 1.97. The van der Waals surface area contributed by atoms with Gasteiger partial charge in [-0.2, -0.15) is 0 Å². The van der Waals surface area contributed by atoms with E-state index in [0.29, 0.717) is 32.4 Å². The van der Waals surface area contributed by atoms with Crippen LogP contribution in [-0.4, -0.2) is 21.7 Å². The number of aryl methyl sites for hydroxylation is 1. The first-order valence-corrected chi connectivity index (χ1v) is 12.6. The number of nitrogens with zero attached hydrogens (tertiary/aromatic N) is 3. The fourth-order valence-electron chi connectivity index (χ4n) is 4.42. The predicted molar refractivity (Wildman–Crippen MR) is 140 cm³/mol. The monoisotopic (exact) mass is 525 g/mol. The molecule has 1 atom stereocenters. The SMILES string of the molecule is Cc1ccc(C(=O)C2=C(OCc3ccccn3)C(=O)N(c3nc4ccc(F)cc4s3)C2c2ccccc2)o1. The van der Waals surface area contributed by atoms with Crippen LogP contribution in [0.1, 0.15) is 33.6 Å². The number of pyridine rings is 1. The minimum Gasteiger partial charge on any atom is -0.481 e. The van der Waals surface area contributed by atoms with E-state index < -0.39 is 23.5 Å². The van der Waals surface area contributed by atoms with Crippen molar-refractivity contribution in [3.05, 3.63) is 125 Å². The lowest BCUT2D eigenvalue weighted by Gasteiger charge is -2.24. The van der Waals surface area contributed by atoms with E-state index in [0.717, 1.165) is 0 Å². The number of anilines is 1. The van der Waals surface area contributed by atoms with Gasteiger partial charge in [0.05, 0.1) is 27.5 Å². The average molecular weight is 526 g/mol. The Labute approximate surface area is 220 Å². The number of aromatic nitrogens is 2. The van der Waals surface area contributed by atoms with Crippen LogP contribution >= 0.6 is 11.3 Å². The van der Waals surface area contributed by atoms with Gasteiger partial charge in [-0.05, 0) is 55.0 Å². The molecule has 188 valence electrons. The van der Waals surface area contributed by atoms with Gasteiger partial charge in [0.15, 0.2) is 16.7 Å². The Kier molecular flexibility index (Phi) is 6.05. The summed E-state index contributed by atoms with van der Waals surface area (Å²) in [7, 11) is 0. The Morgan fingerprint density at radius 3 is 2.63 bits per heavy atom.